The number of rotatable bonds is 5. The first-order valence-corrected chi connectivity index (χ1v) is 12.9. The predicted molar refractivity (Wildman–Crippen MR) is 138 cm³/mol. The van der Waals surface area contributed by atoms with Crippen molar-refractivity contribution in [3.05, 3.63) is 57.5 Å². The zero-order chi connectivity index (χ0) is 24.9. The summed E-state index contributed by atoms with van der Waals surface area (Å²) in [4.78, 5) is 23.6. The van der Waals surface area contributed by atoms with Crippen molar-refractivity contribution in [1.29, 1.82) is 0 Å². The third-order valence-electron chi connectivity index (χ3n) is 7.47. The van der Waals surface area contributed by atoms with Crippen molar-refractivity contribution in [2.45, 2.75) is 64.6 Å². The fourth-order valence-electron chi connectivity index (χ4n) is 5.66. The van der Waals surface area contributed by atoms with E-state index in [0.717, 1.165) is 65.9 Å². The van der Waals surface area contributed by atoms with Crippen LogP contribution in [0.4, 0.5) is 0 Å². The number of aliphatic carboxylic acids is 1. The number of benzene rings is 1. The van der Waals surface area contributed by atoms with Crippen molar-refractivity contribution in [3.63, 3.8) is 0 Å². The maximum Gasteiger partial charge on any atom is 0.320 e. The molecule has 35 heavy (non-hydrogen) atoms. The van der Waals surface area contributed by atoms with Crippen LogP contribution in [-0.4, -0.2) is 54.4 Å². The molecule has 1 aromatic carbocycles. The van der Waals surface area contributed by atoms with Crippen LogP contribution in [0.5, 0.6) is 0 Å². The van der Waals surface area contributed by atoms with E-state index in [9.17, 15) is 9.90 Å². The first kappa shape index (κ1) is 24.2. The SMILES string of the molecule is Cc1nn(C(C)c2ccc(Cl)cc2Cl)c2nc(C3=CC(C)C(N4CCC[C@H]4C(=O)O)CC3)cnc12. The van der Waals surface area contributed by atoms with Gasteiger partial charge in [0.2, 0.25) is 0 Å². The quantitative estimate of drug-likeness (QED) is 0.465. The van der Waals surface area contributed by atoms with E-state index >= 15 is 0 Å². The Morgan fingerprint density at radius 3 is 2.77 bits per heavy atom. The maximum absolute atomic E-state index is 11.7. The minimum absolute atomic E-state index is 0.146. The minimum Gasteiger partial charge on any atom is -0.480 e. The second-order valence-corrected chi connectivity index (χ2v) is 10.5. The summed E-state index contributed by atoms with van der Waals surface area (Å²) in [7, 11) is 0. The van der Waals surface area contributed by atoms with Gasteiger partial charge in [-0.2, -0.15) is 5.10 Å². The Balaban J connectivity index is 1.46. The molecule has 9 heteroatoms. The number of aryl methyl sites for hydroxylation is 1. The van der Waals surface area contributed by atoms with E-state index in [1.165, 1.54) is 0 Å². The summed E-state index contributed by atoms with van der Waals surface area (Å²) in [5, 5.41) is 15.5. The van der Waals surface area contributed by atoms with Gasteiger partial charge in [-0.05, 0) is 75.3 Å². The number of halogens is 2. The number of carboxylic acid groups (broad SMARTS) is 1. The van der Waals surface area contributed by atoms with Crippen molar-refractivity contribution < 1.29 is 9.90 Å². The minimum atomic E-state index is -0.709. The van der Waals surface area contributed by atoms with Crippen molar-refractivity contribution in [2.75, 3.05) is 6.54 Å². The van der Waals surface area contributed by atoms with Crippen LogP contribution in [0.15, 0.2) is 30.5 Å². The largest absolute Gasteiger partial charge is 0.480 e. The molecule has 2 aliphatic rings. The molecular weight excluding hydrogens is 485 g/mol. The number of fused-ring (bicyclic) bond motifs is 1. The zero-order valence-corrected chi connectivity index (χ0v) is 21.6. The third-order valence-corrected chi connectivity index (χ3v) is 8.03. The lowest BCUT2D eigenvalue weighted by Gasteiger charge is -2.37. The average Bonchev–Trinajstić information content (AvgIpc) is 3.43. The van der Waals surface area contributed by atoms with Gasteiger partial charge < -0.3 is 5.11 Å². The van der Waals surface area contributed by atoms with Crippen molar-refractivity contribution in [3.8, 4) is 0 Å². The fourth-order valence-corrected chi connectivity index (χ4v) is 6.22. The molecule has 0 radical (unpaired) electrons. The van der Waals surface area contributed by atoms with Crippen molar-refractivity contribution in [1.82, 2.24) is 24.6 Å². The highest BCUT2D eigenvalue weighted by Gasteiger charge is 2.38. The summed E-state index contributed by atoms with van der Waals surface area (Å²) in [6, 6.07) is 5.21. The molecule has 5 rings (SSSR count). The number of hydrogen-bond donors (Lipinski definition) is 1. The lowest BCUT2D eigenvalue weighted by molar-refractivity contribution is -0.143. The highest BCUT2D eigenvalue weighted by Crippen LogP contribution is 2.36. The van der Waals surface area contributed by atoms with Gasteiger partial charge in [0.1, 0.15) is 11.6 Å². The molecule has 7 nitrogen and oxygen atoms in total. The van der Waals surface area contributed by atoms with E-state index in [-0.39, 0.29) is 24.0 Å². The zero-order valence-electron chi connectivity index (χ0n) is 20.1. The topological polar surface area (TPSA) is 84.1 Å². The van der Waals surface area contributed by atoms with E-state index in [1.54, 1.807) is 6.07 Å². The highest BCUT2D eigenvalue weighted by atomic mass is 35.5. The van der Waals surface area contributed by atoms with E-state index in [4.69, 9.17) is 38.3 Å². The Hall–Kier alpha value is -2.48. The van der Waals surface area contributed by atoms with E-state index in [0.29, 0.717) is 10.0 Å². The summed E-state index contributed by atoms with van der Waals surface area (Å²) >= 11 is 12.6. The molecule has 1 aliphatic carbocycles. The molecule has 1 fully saturated rings. The summed E-state index contributed by atoms with van der Waals surface area (Å²) in [6.45, 7) is 7.00. The molecule has 0 bridgehead atoms. The summed E-state index contributed by atoms with van der Waals surface area (Å²) in [5.41, 5.74) is 5.22. The Morgan fingerprint density at radius 2 is 2.06 bits per heavy atom. The van der Waals surface area contributed by atoms with Gasteiger partial charge in [-0.1, -0.05) is 42.3 Å². The number of allylic oxidation sites excluding steroid dienone is 1. The summed E-state index contributed by atoms with van der Waals surface area (Å²) < 4.78 is 1.88. The van der Waals surface area contributed by atoms with Crippen molar-refractivity contribution >= 4 is 45.9 Å². The number of carbonyl (C=O) groups is 1. The molecular formula is C26H29Cl2N5O2. The third kappa shape index (κ3) is 4.46. The van der Waals surface area contributed by atoms with Gasteiger partial charge in [-0.3, -0.25) is 9.69 Å². The maximum atomic E-state index is 11.7. The Bertz CT molecular complexity index is 1320. The van der Waals surface area contributed by atoms with Crippen LogP contribution in [0.25, 0.3) is 16.7 Å². The van der Waals surface area contributed by atoms with Gasteiger partial charge in [0.15, 0.2) is 5.65 Å². The lowest BCUT2D eigenvalue weighted by atomic mass is 9.84. The van der Waals surface area contributed by atoms with E-state index in [2.05, 4.69) is 17.9 Å². The number of carboxylic acids is 1. The summed E-state index contributed by atoms with van der Waals surface area (Å²) in [5.74, 6) is -0.478. The normalized spacial score (nSPS) is 24.0. The molecule has 0 amide bonds. The molecule has 184 valence electrons. The molecule has 1 aliphatic heterocycles. The molecule has 1 saturated heterocycles. The molecule has 0 spiro atoms. The fraction of sp³-hybridized carbons (Fsp3) is 0.462. The van der Waals surface area contributed by atoms with Crippen LogP contribution in [0.2, 0.25) is 10.0 Å². The number of hydrogen-bond acceptors (Lipinski definition) is 5. The number of aromatic nitrogens is 4. The molecule has 4 atom stereocenters. The Labute approximate surface area is 214 Å². The second kappa shape index (κ2) is 9.52. The van der Waals surface area contributed by atoms with Crippen LogP contribution in [0.3, 0.4) is 0 Å². The van der Waals surface area contributed by atoms with E-state index < -0.39 is 5.97 Å². The second-order valence-electron chi connectivity index (χ2n) is 9.69. The monoisotopic (exact) mass is 513 g/mol. The van der Waals surface area contributed by atoms with Crippen LogP contribution >= 0.6 is 23.2 Å². The molecule has 1 N–H and O–H groups in total. The Morgan fingerprint density at radius 1 is 1.26 bits per heavy atom. The summed E-state index contributed by atoms with van der Waals surface area (Å²) in [6.07, 6.45) is 7.49. The first-order chi connectivity index (χ1) is 16.7. The van der Waals surface area contributed by atoms with Crippen LogP contribution in [-0.2, 0) is 4.79 Å². The molecule has 0 saturated carbocycles. The number of likely N-dealkylation sites (tertiary alicyclic amines) is 1. The van der Waals surface area contributed by atoms with Gasteiger partial charge in [-0.15, -0.1) is 0 Å². The molecule has 3 heterocycles. The lowest BCUT2D eigenvalue weighted by Crippen LogP contribution is -2.46. The molecule has 2 aromatic heterocycles. The molecule has 3 aromatic rings. The van der Waals surface area contributed by atoms with Gasteiger partial charge in [0, 0.05) is 16.1 Å². The van der Waals surface area contributed by atoms with Gasteiger partial charge >= 0.3 is 5.97 Å². The first-order valence-electron chi connectivity index (χ1n) is 12.1. The highest BCUT2D eigenvalue weighted by molar-refractivity contribution is 6.35. The Kier molecular flexibility index (Phi) is 6.59. The smallest absolute Gasteiger partial charge is 0.320 e. The predicted octanol–water partition coefficient (Wildman–Crippen LogP) is 5.78. The van der Waals surface area contributed by atoms with Gasteiger partial charge in [0.25, 0.3) is 0 Å². The average molecular weight is 514 g/mol. The van der Waals surface area contributed by atoms with E-state index in [1.807, 2.05) is 36.9 Å². The molecule has 3 unspecified atom stereocenters. The standard InChI is InChI=1S/C26H29Cl2N5O2/c1-14-11-17(6-9-22(14)32-10-4-5-23(32)26(34)35)21-13-29-24-15(2)31-33(25(24)30-21)16(3)19-8-7-18(27)12-20(19)28/h7-8,11-14,16,22-23H,4-6,9-10H2,1-3H3,(H,34,35)/t14?,16?,22?,23-/m0/s1. The van der Waals surface area contributed by atoms with Crippen molar-refractivity contribution in [2.24, 2.45) is 5.92 Å². The van der Waals surface area contributed by atoms with Gasteiger partial charge in [-0.25, -0.2) is 14.6 Å². The van der Waals surface area contributed by atoms with Crippen LogP contribution in [0, 0.1) is 12.8 Å². The van der Waals surface area contributed by atoms with Crippen LogP contribution < -0.4 is 0 Å². The number of nitrogens with zero attached hydrogens (tertiary/aromatic N) is 5. The van der Waals surface area contributed by atoms with Gasteiger partial charge in [0.05, 0.1) is 23.6 Å². The van der Waals surface area contributed by atoms with Crippen LogP contribution in [0.1, 0.15) is 62.5 Å².